The van der Waals surface area contributed by atoms with Crippen LogP contribution in [0.5, 0.6) is 0 Å². The van der Waals surface area contributed by atoms with Gasteiger partial charge in [-0.05, 0) is 38.0 Å². The number of hydrogen-bond donors (Lipinski definition) is 1. The third-order valence-electron chi connectivity index (χ3n) is 3.90. The first kappa shape index (κ1) is 13.8. The number of aromatic nitrogens is 3. The molecule has 2 unspecified atom stereocenters. The molecular formula is C15H19BrN4. The van der Waals surface area contributed by atoms with Crippen molar-refractivity contribution < 1.29 is 0 Å². The fourth-order valence-electron chi connectivity index (χ4n) is 2.79. The smallest absolute Gasteiger partial charge is 0.149 e. The molecule has 0 fully saturated rings. The molecule has 106 valence electrons. The van der Waals surface area contributed by atoms with E-state index in [4.69, 9.17) is 0 Å². The fraction of sp³-hybridized carbons (Fsp3) is 0.467. The maximum atomic E-state index is 4.34. The Morgan fingerprint density at radius 3 is 2.65 bits per heavy atom. The van der Waals surface area contributed by atoms with Gasteiger partial charge in [-0.3, -0.25) is 0 Å². The zero-order valence-electron chi connectivity index (χ0n) is 11.8. The molecule has 0 amide bonds. The second-order valence-electron chi connectivity index (χ2n) is 5.39. The molecule has 1 aliphatic rings. The topological polar surface area (TPSA) is 42.7 Å². The van der Waals surface area contributed by atoms with Crippen molar-refractivity contribution in [1.29, 1.82) is 0 Å². The van der Waals surface area contributed by atoms with Gasteiger partial charge in [-0.2, -0.15) is 0 Å². The molecule has 0 bridgehead atoms. The van der Waals surface area contributed by atoms with Crippen molar-refractivity contribution in [3.63, 3.8) is 0 Å². The Bertz CT molecular complexity index is 590. The number of nitrogens with zero attached hydrogens (tertiary/aromatic N) is 3. The van der Waals surface area contributed by atoms with Crippen LogP contribution in [0.2, 0.25) is 0 Å². The van der Waals surface area contributed by atoms with Gasteiger partial charge in [-0.15, -0.1) is 10.2 Å². The van der Waals surface area contributed by atoms with Crippen LogP contribution in [0.1, 0.15) is 49.6 Å². The van der Waals surface area contributed by atoms with Gasteiger partial charge in [0.05, 0.1) is 6.04 Å². The average molecular weight is 335 g/mol. The summed E-state index contributed by atoms with van der Waals surface area (Å²) in [5.41, 5.74) is 1.28. The highest BCUT2D eigenvalue weighted by Gasteiger charge is 2.22. The molecular weight excluding hydrogens is 316 g/mol. The molecule has 2 heterocycles. The molecule has 2 atom stereocenters. The summed E-state index contributed by atoms with van der Waals surface area (Å²) < 4.78 is 3.36. The van der Waals surface area contributed by atoms with Gasteiger partial charge in [0.15, 0.2) is 0 Å². The van der Waals surface area contributed by atoms with Crippen LogP contribution in [0.4, 0.5) is 0 Å². The lowest BCUT2D eigenvalue weighted by Gasteiger charge is -2.20. The molecule has 0 saturated carbocycles. The molecule has 1 aliphatic heterocycles. The standard InChI is InChI=1S/C15H19BrN4/c1-10(12-5-7-13(16)8-6-12)17-11(2)15-19-18-14-4-3-9-20(14)15/h5-8,10-11,17H,3-4,9H2,1-2H3. The third kappa shape index (κ3) is 2.65. The van der Waals surface area contributed by atoms with Gasteiger partial charge in [-0.25, -0.2) is 0 Å². The lowest BCUT2D eigenvalue weighted by atomic mass is 10.1. The maximum Gasteiger partial charge on any atom is 0.149 e. The molecule has 5 heteroatoms. The Labute approximate surface area is 127 Å². The molecule has 3 rings (SSSR count). The predicted molar refractivity (Wildman–Crippen MR) is 82.5 cm³/mol. The number of rotatable bonds is 4. The Kier molecular flexibility index (Phi) is 3.89. The summed E-state index contributed by atoms with van der Waals surface area (Å²) in [6.45, 7) is 5.39. The molecule has 4 nitrogen and oxygen atoms in total. The van der Waals surface area contributed by atoms with Crippen molar-refractivity contribution in [2.75, 3.05) is 0 Å². The van der Waals surface area contributed by atoms with Gasteiger partial charge in [0, 0.05) is 23.5 Å². The average Bonchev–Trinajstić information content (AvgIpc) is 3.01. The van der Waals surface area contributed by atoms with Crippen LogP contribution in [-0.4, -0.2) is 14.8 Å². The predicted octanol–water partition coefficient (Wildman–Crippen LogP) is 3.40. The van der Waals surface area contributed by atoms with Crippen LogP contribution < -0.4 is 5.32 Å². The summed E-state index contributed by atoms with van der Waals surface area (Å²) >= 11 is 3.47. The highest BCUT2D eigenvalue weighted by Crippen LogP contribution is 2.23. The van der Waals surface area contributed by atoms with Crippen LogP contribution in [-0.2, 0) is 13.0 Å². The third-order valence-corrected chi connectivity index (χ3v) is 4.42. The summed E-state index contributed by atoms with van der Waals surface area (Å²) in [6, 6.07) is 8.92. The molecule has 2 aromatic rings. The zero-order chi connectivity index (χ0) is 14.1. The monoisotopic (exact) mass is 334 g/mol. The second-order valence-corrected chi connectivity index (χ2v) is 6.31. The number of halogens is 1. The SMILES string of the molecule is CC(NC(C)c1nnc2n1CCC2)c1ccc(Br)cc1. The van der Waals surface area contributed by atoms with Crippen LogP contribution in [0.15, 0.2) is 28.7 Å². The minimum Gasteiger partial charge on any atom is -0.314 e. The largest absolute Gasteiger partial charge is 0.314 e. The number of aryl methyl sites for hydroxylation is 1. The summed E-state index contributed by atoms with van der Waals surface area (Å²) in [7, 11) is 0. The highest BCUT2D eigenvalue weighted by molar-refractivity contribution is 9.10. The van der Waals surface area contributed by atoms with Gasteiger partial charge in [-0.1, -0.05) is 28.1 Å². The van der Waals surface area contributed by atoms with Crippen molar-refractivity contribution in [2.24, 2.45) is 0 Å². The lowest BCUT2D eigenvalue weighted by Crippen LogP contribution is -2.25. The van der Waals surface area contributed by atoms with E-state index in [0.29, 0.717) is 0 Å². The minimum absolute atomic E-state index is 0.202. The molecule has 1 aromatic carbocycles. The molecule has 0 spiro atoms. The van der Waals surface area contributed by atoms with E-state index in [1.165, 1.54) is 12.0 Å². The van der Waals surface area contributed by atoms with Crippen molar-refractivity contribution in [3.8, 4) is 0 Å². The number of hydrogen-bond acceptors (Lipinski definition) is 3. The zero-order valence-corrected chi connectivity index (χ0v) is 13.4. The highest BCUT2D eigenvalue weighted by atomic mass is 79.9. The first-order valence-electron chi connectivity index (χ1n) is 7.08. The number of benzene rings is 1. The Hall–Kier alpha value is -1.20. The number of nitrogens with one attached hydrogen (secondary N) is 1. The van der Waals surface area contributed by atoms with Crippen LogP contribution in [0.3, 0.4) is 0 Å². The second kappa shape index (κ2) is 5.66. The molecule has 0 saturated heterocycles. The van der Waals surface area contributed by atoms with Gasteiger partial charge in [0.1, 0.15) is 11.6 Å². The summed E-state index contributed by atoms with van der Waals surface area (Å²) in [5, 5.41) is 12.2. The normalized spacial score (nSPS) is 16.9. The molecule has 0 radical (unpaired) electrons. The Morgan fingerprint density at radius 1 is 1.15 bits per heavy atom. The summed E-state index contributed by atoms with van der Waals surface area (Å²) in [6.07, 6.45) is 2.24. The first-order chi connectivity index (χ1) is 9.65. The quantitative estimate of drug-likeness (QED) is 0.931. The van der Waals surface area contributed by atoms with E-state index in [0.717, 1.165) is 29.1 Å². The van der Waals surface area contributed by atoms with E-state index in [1.807, 2.05) is 0 Å². The molecule has 20 heavy (non-hydrogen) atoms. The van der Waals surface area contributed by atoms with E-state index in [9.17, 15) is 0 Å². The summed E-state index contributed by atoms with van der Waals surface area (Å²) in [4.78, 5) is 0. The lowest BCUT2D eigenvalue weighted by molar-refractivity contribution is 0.459. The van der Waals surface area contributed by atoms with Gasteiger partial charge in [0.2, 0.25) is 0 Å². The Morgan fingerprint density at radius 2 is 1.90 bits per heavy atom. The minimum atomic E-state index is 0.202. The van der Waals surface area contributed by atoms with E-state index >= 15 is 0 Å². The van der Waals surface area contributed by atoms with E-state index < -0.39 is 0 Å². The van der Waals surface area contributed by atoms with Gasteiger partial charge >= 0.3 is 0 Å². The molecule has 1 aromatic heterocycles. The van der Waals surface area contributed by atoms with Crippen molar-refractivity contribution >= 4 is 15.9 Å². The van der Waals surface area contributed by atoms with Crippen LogP contribution >= 0.6 is 15.9 Å². The molecule has 0 aliphatic carbocycles. The Balaban J connectivity index is 1.72. The summed E-state index contributed by atoms with van der Waals surface area (Å²) in [5.74, 6) is 2.19. The van der Waals surface area contributed by atoms with Crippen molar-refractivity contribution in [1.82, 2.24) is 20.1 Å². The van der Waals surface area contributed by atoms with Crippen molar-refractivity contribution in [2.45, 2.75) is 45.3 Å². The molecule has 1 N–H and O–H groups in total. The fourth-order valence-corrected chi connectivity index (χ4v) is 3.05. The van der Waals surface area contributed by atoms with Crippen LogP contribution in [0.25, 0.3) is 0 Å². The van der Waals surface area contributed by atoms with E-state index in [1.54, 1.807) is 0 Å². The first-order valence-corrected chi connectivity index (χ1v) is 7.88. The van der Waals surface area contributed by atoms with Crippen molar-refractivity contribution in [3.05, 3.63) is 46.0 Å². The van der Waals surface area contributed by atoms with Gasteiger partial charge < -0.3 is 9.88 Å². The van der Waals surface area contributed by atoms with Crippen LogP contribution in [0, 0.1) is 0 Å². The number of fused-ring (bicyclic) bond motifs is 1. The van der Waals surface area contributed by atoms with E-state index in [-0.39, 0.29) is 12.1 Å². The van der Waals surface area contributed by atoms with Gasteiger partial charge in [0.25, 0.3) is 0 Å². The van der Waals surface area contributed by atoms with E-state index in [2.05, 4.69) is 74.1 Å². The maximum absolute atomic E-state index is 4.34.